The maximum Gasteiger partial charge on any atom is 0.0781 e. The Balaban J connectivity index is 3.34. The molecule has 80 valence electrons. The minimum atomic E-state index is -0.447. The summed E-state index contributed by atoms with van der Waals surface area (Å²) in [5, 5.41) is 17.6. The molecule has 0 bridgehead atoms. The molecule has 0 fully saturated rings. The van der Waals surface area contributed by atoms with Gasteiger partial charge in [0.15, 0.2) is 0 Å². The third-order valence-corrected chi connectivity index (χ3v) is 1.49. The first-order valence-corrected chi connectivity index (χ1v) is 4.58. The van der Waals surface area contributed by atoms with E-state index in [2.05, 4.69) is 0 Å². The van der Waals surface area contributed by atoms with Gasteiger partial charge in [-0.25, -0.2) is 0 Å². The van der Waals surface area contributed by atoms with Gasteiger partial charge in [-0.1, -0.05) is 0 Å². The average molecular weight is 192 g/mol. The second-order valence-corrected chi connectivity index (χ2v) is 3.32. The van der Waals surface area contributed by atoms with Gasteiger partial charge in [0.25, 0.3) is 0 Å². The quantitative estimate of drug-likeness (QED) is 0.603. The fraction of sp³-hybridized carbons (Fsp3) is 1.00. The van der Waals surface area contributed by atoms with Gasteiger partial charge in [-0.15, -0.1) is 0 Å². The molecule has 0 heterocycles. The van der Waals surface area contributed by atoms with Crippen LogP contribution in [0.1, 0.15) is 20.8 Å². The van der Waals surface area contributed by atoms with Gasteiger partial charge in [0, 0.05) is 0 Å². The van der Waals surface area contributed by atoms with Crippen molar-refractivity contribution in [1.82, 2.24) is 0 Å². The highest BCUT2D eigenvalue weighted by atomic mass is 16.5. The van der Waals surface area contributed by atoms with E-state index in [0.29, 0.717) is 13.2 Å². The Labute approximate surface area is 79.5 Å². The van der Waals surface area contributed by atoms with Crippen LogP contribution in [0.4, 0.5) is 0 Å². The van der Waals surface area contributed by atoms with Crippen LogP contribution < -0.4 is 0 Å². The number of hydrogen-bond donors (Lipinski definition) is 2. The third kappa shape index (κ3) is 8.18. The predicted molar refractivity (Wildman–Crippen MR) is 49.6 cm³/mol. The molecule has 0 radical (unpaired) electrons. The smallest absolute Gasteiger partial charge is 0.0781 e. The van der Waals surface area contributed by atoms with Gasteiger partial charge >= 0.3 is 0 Å². The van der Waals surface area contributed by atoms with Gasteiger partial charge < -0.3 is 19.7 Å². The van der Waals surface area contributed by atoms with Gasteiger partial charge in [-0.2, -0.15) is 0 Å². The minimum absolute atomic E-state index is 0.0170. The van der Waals surface area contributed by atoms with Crippen molar-refractivity contribution in [2.45, 2.75) is 39.1 Å². The molecule has 4 heteroatoms. The van der Waals surface area contributed by atoms with Crippen LogP contribution in [0.3, 0.4) is 0 Å². The van der Waals surface area contributed by atoms with E-state index in [-0.39, 0.29) is 18.8 Å². The first-order chi connectivity index (χ1) is 6.06. The fourth-order valence-corrected chi connectivity index (χ4v) is 0.704. The summed E-state index contributed by atoms with van der Waals surface area (Å²) in [6.45, 7) is 6.10. The zero-order chi connectivity index (χ0) is 10.3. The van der Waals surface area contributed by atoms with E-state index >= 15 is 0 Å². The third-order valence-electron chi connectivity index (χ3n) is 1.49. The topological polar surface area (TPSA) is 58.9 Å². The van der Waals surface area contributed by atoms with E-state index in [1.54, 1.807) is 13.8 Å². The lowest BCUT2D eigenvalue weighted by Gasteiger charge is -2.16. The highest BCUT2D eigenvalue weighted by Gasteiger charge is 2.06. The van der Waals surface area contributed by atoms with E-state index in [9.17, 15) is 0 Å². The minimum Gasteiger partial charge on any atom is -0.394 e. The second-order valence-electron chi connectivity index (χ2n) is 3.32. The zero-order valence-corrected chi connectivity index (χ0v) is 8.56. The summed E-state index contributed by atoms with van der Waals surface area (Å²) < 4.78 is 10.5. The molecule has 2 N–H and O–H groups in total. The Morgan fingerprint density at radius 2 is 1.54 bits per heavy atom. The predicted octanol–water partition coefficient (Wildman–Crippen LogP) is 0.170. The van der Waals surface area contributed by atoms with Crippen molar-refractivity contribution in [1.29, 1.82) is 0 Å². The maximum atomic E-state index is 8.92. The van der Waals surface area contributed by atoms with Crippen LogP contribution in [0.15, 0.2) is 0 Å². The first kappa shape index (κ1) is 12.8. The molecule has 0 aliphatic rings. The van der Waals surface area contributed by atoms with Crippen LogP contribution in [-0.2, 0) is 9.47 Å². The van der Waals surface area contributed by atoms with Crippen molar-refractivity contribution >= 4 is 0 Å². The normalized spacial score (nSPS) is 18.2. The van der Waals surface area contributed by atoms with E-state index < -0.39 is 6.10 Å². The van der Waals surface area contributed by atoms with Crippen LogP contribution in [0.5, 0.6) is 0 Å². The summed E-state index contributed by atoms with van der Waals surface area (Å²) in [6, 6.07) is 0. The SMILES string of the molecule is C[C@H](O)CO[C@H](C)CO[C@@H](C)CO. The molecule has 0 amide bonds. The number of aliphatic hydroxyl groups excluding tert-OH is 2. The Kier molecular flexibility index (Phi) is 7.17. The summed E-state index contributed by atoms with van der Waals surface area (Å²) in [5.41, 5.74) is 0. The van der Waals surface area contributed by atoms with E-state index in [0.717, 1.165) is 0 Å². The van der Waals surface area contributed by atoms with Crippen molar-refractivity contribution in [3.63, 3.8) is 0 Å². The lowest BCUT2D eigenvalue weighted by Crippen LogP contribution is -2.24. The summed E-state index contributed by atoms with van der Waals surface area (Å²) >= 11 is 0. The van der Waals surface area contributed by atoms with Crippen LogP contribution in [0.2, 0.25) is 0 Å². The summed E-state index contributed by atoms with van der Waals surface area (Å²) in [6.07, 6.45) is -0.654. The first-order valence-electron chi connectivity index (χ1n) is 4.58. The molecule has 13 heavy (non-hydrogen) atoms. The number of aliphatic hydroxyl groups is 2. The Bertz CT molecular complexity index is 116. The molecule has 0 unspecified atom stereocenters. The van der Waals surface area contributed by atoms with Gasteiger partial charge in [0.05, 0.1) is 38.1 Å². The molecular formula is C9H20O4. The van der Waals surface area contributed by atoms with E-state index in [4.69, 9.17) is 19.7 Å². The Hall–Kier alpha value is -0.160. The lowest BCUT2D eigenvalue weighted by atomic mass is 10.4. The van der Waals surface area contributed by atoms with Crippen LogP contribution >= 0.6 is 0 Å². The zero-order valence-electron chi connectivity index (χ0n) is 8.56. The highest BCUT2D eigenvalue weighted by molar-refractivity contribution is 4.52. The molecule has 0 spiro atoms. The molecule has 0 aromatic rings. The molecule has 0 rings (SSSR count). The maximum absolute atomic E-state index is 8.92. The molecular weight excluding hydrogens is 172 g/mol. The lowest BCUT2D eigenvalue weighted by molar-refractivity contribution is -0.0620. The summed E-state index contributed by atoms with van der Waals surface area (Å²) in [5.74, 6) is 0. The molecule has 0 aromatic heterocycles. The highest BCUT2D eigenvalue weighted by Crippen LogP contribution is 1.97. The van der Waals surface area contributed by atoms with Crippen molar-refractivity contribution < 1.29 is 19.7 Å². The van der Waals surface area contributed by atoms with E-state index in [1.807, 2.05) is 6.92 Å². The van der Waals surface area contributed by atoms with Crippen molar-refractivity contribution in [3.05, 3.63) is 0 Å². The van der Waals surface area contributed by atoms with Crippen LogP contribution in [0, 0.1) is 0 Å². The number of rotatable bonds is 7. The molecule has 0 aliphatic heterocycles. The molecule has 0 aliphatic carbocycles. The monoisotopic (exact) mass is 192 g/mol. The van der Waals surface area contributed by atoms with Crippen molar-refractivity contribution in [2.24, 2.45) is 0 Å². The van der Waals surface area contributed by atoms with Crippen LogP contribution in [-0.4, -0.2) is 48.3 Å². The fourth-order valence-electron chi connectivity index (χ4n) is 0.704. The van der Waals surface area contributed by atoms with Gasteiger partial charge in [0.1, 0.15) is 0 Å². The summed E-state index contributed by atoms with van der Waals surface area (Å²) in [7, 11) is 0. The van der Waals surface area contributed by atoms with Gasteiger partial charge in [-0.3, -0.25) is 0 Å². The number of hydrogen-bond acceptors (Lipinski definition) is 4. The van der Waals surface area contributed by atoms with Crippen LogP contribution in [0.25, 0.3) is 0 Å². The second kappa shape index (κ2) is 7.26. The largest absolute Gasteiger partial charge is 0.394 e. The average Bonchev–Trinajstić information content (AvgIpc) is 2.10. The molecule has 0 aromatic carbocycles. The number of ether oxygens (including phenoxy) is 2. The Morgan fingerprint density at radius 1 is 1.00 bits per heavy atom. The molecule has 3 atom stereocenters. The van der Waals surface area contributed by atoms with E-state index in [1.165, 1.54) is 0 Å². The molecule has 0 saturated carbocycles. The van der Waals surface area contributed by atoms with Crippen molar-refractivity contribution in [3.8, 4) is 0 Å². The van der Waals surface area contributed by atoms with Gasteiger partial charge in [0.2, 0.25) is 0 Å². The van der Waals surface area contributed by atoms with Crippen molar-refractivity contribution in [2.75, 3.05) is 19.8 Å². The molecule has 4 nitrogen and oxygen atoms in total. The summed E-state index contributed by atoms with van der Waals surface area (Å²) in [4.78, 5) is 0. The molecule has 0 saturated heterocycles. The standard InChI is InChI=1S/C9H20O4/c1-7(11)5-12-9(3)6-13-8(2)4-10/h7-11H,4-6H2,1-3H3/t7-,8-,9+/m0/s1. The van der Waals surface area contributed by atoms with Gasteiger partial charge in [-0.05, 0) is 20.8 Å². The Morgan fingerprint density at radius 3 is 2.00 bits per heavy atom.